The molecule has 0 unspecified atom stereocenters. The second-order valence-electron chi connectivity index (χ2n) is 7.16. The van der Waals surface area contributed by atoms with Crippen molar-refractivity contribution in [2.24, 2.45) is 10.9 Å². The molecule has 1 fully saturated rings. The minimum Gasteiger partial charge on any atom is -0.372 e. The Balaban J connectivity index is 1.61. The molecule has 1 aromatic carbocycles. The predicted molar refractivity (Wildman–Crippen MR) is 117 cm³/mol. The molecule has 0 aliphatic heterocycles. The summed E-state index contributed by atoms with van der Waals surface area (Å²) in [6.07, 6.45) is 4.45. The number of para-hydroxylation sites is 1. The van der Waals surface area contributed by atoms with Gasteiger partial charge < -0.3 is 15.5 Å². The quantitative estimate of drug-likeness (QED) is 0.278. The van der Waals surface area contributed by atoms with Crippen molar-refractivity contribution in [2.75, 3.05) is 50.4 Å². The fourth-order valence-electron chi connectivity index (χ4n) is 3.12. The van der Waals surface area contributed by atoms with E-state index in [1.807, 2.05) is 6.07 Å². The van der Waals surface area contributed by atoms with Crippen molar-refractivity contribution in [3.63, 3.8) is 0 Å². The van der Waals surface area contributed by atoms with E-state index in [2.05, 4.69) is 56.4 Å². The van der Waals surface area contributed by atoms with Gasteiger partial charge in [0.2, 0.25) is 10.0 Å². The maximum atomic E-state index is 12.0. The SMILES string of the molecule is CCN(CCCNC(=NC)NCCS(=O)(=O)NCC1CCC1)c1ccccc1. The zero-order chi connectivity index (χ0) is 20.2. The fraction of sp³-hybridized carbons (Fsp3) is 0.650. The molecule has 1 aliphatic rings. The van der Waals surface area contributed by atoms with E-state index in [0.29, 0.717) is 25.0 Å². The van der Waals surface area contributed by atoms with Gasteiger partial charge in [-0.2, -0.15) is 0 Å². The Labute approximate surface area is 170 Å². The smallest absolute Gasteiger partial charge is 0.213 e. The molecule has 158 valence electrons. The number of aliphatic imine (C=N–C) groups is 1. The Morgan fingerprint density at radius 2 is 1.89 bits per heavy atom. The highest BCUT2D eigenvalue weighted by Gasteiger charge is 2.20. The number of guanidine groups is 1. The lowest BCUT2D eigenvalue weighted by Gasteiger charge is -2.25. The monoisotopic (exact) mass is 409 g/mol. The summed E-state index contributed by atoms with van der Waals surface area (Å²) in [6, 6.07) is 10.4. The minimum atomic E-state index is -3.23. The first kappa shape index (κ1) is 22.5. The Bertz CT molecular complexity index is 690. The largest absolute Gasteiger partial charge is 0.372 e. The van der Waals surface area contributed by atoms with Crippen LogP contribution in [0.1, 0.15) is 32.6 Å². The molecule has 28 heavy (non-hydrogen) atoms. The number of benzene rings is 1. The van der Waals surface area contributed by atoms with Crippen LogP contribution in [0.2, 0.25) is 0 Å². The number of rotatable bonds is 12. The van der Waals surface area contributed by atoms with Crippen LogP contribution in [0, 0.1) is 5.92 Å². The number of nitrogens with one attached hydrogen (secondary N) is 3. The topological polar surface area (TPSA) is 85.8 Å². The molecule has 1 aromatic rings. The van der Waals surface area contributed by atoms with Crippen LogP contribution in [0.25, 0.3) is 0 Å². The van der Waals surface area contributed by atoms with Gasteiger partial charge in [0.25, 0.3) is 0 Å². The van der Waals surface area contributed by atoms with Crippen LogP contribution in [0.15, 0.2) is 35.3 Å². The van der Waals surface area contributed by atoms with Gasteiger partial charge in [0.05, 0.1) is 5.75 Å². The van der Waals surface area contributed by atoms with E-state index in [9.17, 15) is 8.42 Å². The lowest BCUT2D eigenvalue weighted by atomic mass is 9.86. The highest BCUT2D eigenvalue weighted by molar-refractivity contribution is 7.89. The molecule has 0 amide bonds. The van der Waals surface area contributed by atoms with E-state index in [4.69, 9.17) is 0 Å². The summed E-state index contributed by atoms with van der Waals surface area (Å²) in [5.74, 6) is 1.21. The molecule has 2 rings (SSSR count). The predicted octanol–water partition coefficient (Wildman–Crippen LogP) is 1.79. The maximum Gasteiger partial charge on any atom is 0.213 e. The summed E-state index contributed by atoms with van der Waals surface area (Å²) in [5.41, 5.74) is 1.23. The summed E-state index contributed by atoms with van der Waals surface area (Å²) in [4.78, 5) is 6.50. The zero-order valence-corrected chi connectivity index (χ0v) is 18.0. The molecule has 7 nitrogen and oxygen atoms in total. The Hall–Kier alpha value is -1.80. The van der Waals surface area contributed by atoms with Gasteiger partial charge in [-0.15, -0.1) is 0 Å². The van der Waals surface area contributed by atoms with Crippen molar-refractivity contribution >= 4 is 21.7 Å². The molecular formula is C20H35N5O2S. The van der Waals surface area contributed by atoms with E-state index >= 15 is 0 Å². The minimum absolute atomic E-state index is 0.0536. The highest BCUT2D eigenvalue weighted by Crippen LogP contribution is 2.25. The second-order valence-corrected chi connectivity index (χ2v) is 9.09. The molecule has 0 atom stereocenters. The zero-order valence-electron chi connectivity index (χ0n) is 17.2. The normalized spacial score (nSPS) is 15.1. The molecule has 0 spiro atoms. The highest BCUT2D eigenvalue weighted by atomic mass is 32.2. The average Bonchev–Trinajstić information content (AvgIpc) is 2.66. The van der Waals surface area contributed by atoms with Gasteiger partial charge in [0, 0.05) is 45.5 Å². The van der Waals surface area contributed by atoms with Crippen molar-refractivity contribution in [3.8, 4) is 0 Å². The van der Waals surface area contributed by atoms with Crippen LogP contribution >= 0.6 is 0 Å². The van der Waals surface area contributed by atoms with Crippen LogP contribution in [0.4, 0.5) is 5.69 Å². The van der Waals surface area contributed by atoms with Gasteiger partial charge in [0.15, 0.2) is 5.96 Å². The van der Waals surface area contributed by atoms with Crippen molar-refractivity contribution in [3.05, 3.63) is 30.3 Å². The third-order valence-corrected chi connectivity index (χ3v) is 6.45. The molecule has 0 bridgehead atoms. The van der Waals surface area contributed by atoms with Gasteiger partial charge in [-0.1, -0.05) is 24.6 Å². The molecule has 0 heterocycles. The lowest BCUT2D eigenvalue weighted by Crippen LogP contribution is -2.42. The Kier molecular flexibility index (Phi) is 9.57. The number of hydrogen-bond acceptors (Lipinski definition) is 4. The van der Waals surface area contributed by atoms with Crippen LogP contribution in [0.5, 0.6) is 0 Å². The third kappa shape index (κ3) is 8.06. The molecule has 8 heteroatoms. The molecule has 1 saturated carbocycles. The van der Waals surface area contributed by atoms with Crippen molar-refractivity contribution in [1.29, 1.82) is 0 Å². The first-order valence-corrected chi connectivity index (χ1v) is 11.9. The van der Waals surface area contributed by atoms with Crippen molar-refractivity contribution in [2.45, 2.75) is 32.6 Å². The average molecular weight is 410 g/mol. The number of hydrogen-bond donors (Lipinski definition) is 3. The van der Waals surface area contributed by atoms with E-state index in [1.165, 1.54) is 12.1 Å². The molecular weight excluding hydrogens is 374 g/mol. The number of sulfonamides is 1. The standard InChI is InChI=1S/C20H35N5O2S/c1-3-25(19-11-5-4-6-12-19)15-8-13-22-20(21-2)23-14-16-28(26,27)24-17-18-9-7-10-18/h4-6,11-12,18,24H,3,7-10,13-17H2,1-2H3,(H2,21,22,23). The first-order chi connectivity index (χ1) is 13.5. The van der Waals surface area contributed by atoms with Crippen LogP contribution in [0.3, 0.4) is 0 Å². The van der Waals surface area contributed by atoms with Gasteiger partial charge >= 0.3 is 0 Å². The van der Waals surface area contributed by atoms with Crippen LogP contribution in [-0.4, -0.2) is 59.9 Å². The summed E-state index contributed by atoms with van der Waals surface area (Å²) in [6.45, 7) is 5.75. The summed E-state index contributed by atoms with van der Waals surface area (Å²) >= 11 is 0. The van der Waals surface area contributed by atoms with Crippen LogP contribution in [-0.2, 0) is 10.0 Å². The van der Waals surface area contributed by atoms with Crippen molar-refractivity contribution < 1.29 is 8.42 Å². The summed E-state index contributed by atoms with van der Waals surface area (Å²) < 4.78 is 26.8. The first-order valence-electron chi connectivity index (χ1n) is 10.3. The van der Waals surface area contributed by atoms with E-state index in [0.717, 1.165) is 38.9 Å². The van der Waals surface area contributed by atoms with E-state index in [1.54, 1.807) is 7.05 Å². The van der Waals surface area contributed by atoms with Crippen LogP contribution < -0.4 is 20.3 Å². The lowest BCUT2D eigenvalue weighted by molar-refractivity contribution is 0.316. The second kappa shape index (κ2) is 11.9. The molecule has 0 saturated heterocycles. The van der Waals surface area contributed by atoms with Crippen molar-refractivity contribution in [1.82, 2.24) is 15.4 Å². The van der Waals surface area contributed by atoms with Gasteiger partial charge in [-0.25, -0.2) is 13.1 Å². The van der Waals surface area contributed by atoms with E-state index in [-0.39, 0.29) is 5.75 Å². The molecule has 1 aliphatic carbocycles. The van der Waals surface area contributed by atoms with E-state index < -0.39 is 10.0 Å². The fourth-order valence-corrected chi connectivity index (χ4v) is 4.13. The van der Waals surface area contributed by atoms with Gasteiger partial charge in [0.1, 0.15) is 0 Å². The number of anilines is 1. The molecule has 0 aromatic heterocycles. The van der Waals surface area contributed by atoms with Gasteiger partial charge in [-0.3, -0.25) is 4.99 Å². The maximum absolute atomic E-state index is 12.0. The third-order valence-electron chi connectivity index (χ3n) is 5.10. The number of nitrogens with zero attached hydrogens (tertiary/aromatic N) is 2. The summed E-state index contributed by atoms with van der Waals surface area (Å²) in [5, 5.41) is 6.33. The molecule has 3 N–H and O–H groups in total. The summed E-state index contributed by atoms with van der Waals surface area (Å²) in [7, 11) is -1.53. The Morgan fingerprint density at radius 1 is 1.18 bits per heavy atom. The van der Waals surface area contributed by atoms with Gasteiger partial charge in [-0.05, 0) is 44.2 Å². The Morgan fingerprint density at radius 3 is 2.50 bits per heavy atom. The molecule has 0 radical (unpaired) electrons.